The number of carbonyl (C=O) groups is 1. The zero-order chi connectivity index (χ0) is 23.3. The zero-order valence-corrected chi connectivity index (χ0v) is 20.2. The van der Waals surface area contributed by atoms with Crippen molar-refractivity contribution in [2.45, 2.75) is 56.4 Å². The molecule has 0 bridgehead atoms. The van der Waals surface area contributed by atoms with E-state index in [1.165, 1.54) is 22.7 Å². The molecular weight excluding hydrogens is 442 g/mol. The van der Waals surface area contributed by atoms with E-state index in [1.54, 1.807) is 18.2 Å². The van der Waals surface area contributed by atoms with Gasteiger partial charge in [-0.25, -0.2) is 8.42 Å². The fourth-order valence-electron chi connectivity index (χ4n) is 4.58. The minimum Gasteiger partial charge on any atom is -0.490 e. The number of piperazine rings is 1. The lowest BCUT2D eigenvalue weighted by molar-refractivity contribution is -0.126. The number of carbonyl (C=O) groups excluding carboxylic acids is 1. The summed E-state index contributed by atoms with van der Waals surface area (Å²) in [4.78, 5) is 14.9. The number of rotatable bonds is 7. The molecule has 0 saturated carbocycles. The summed E-state index contributed by atoms with van der Waals surface area (Å²) in [6.45, 7) is 5.35. The van der Waals surface area contributed by atoms with Gasteiger partial charge in [-0.05, 0) is 51.2 Å². The second-order valence-corrected chi connectivity index (χ2v) is 10.9. The number of fused-ring (bicyclic) bond motifs is 1. The van der Waals surface area contributed by atoms with Crippen molar-refractivity contribution in [2.24, 2.45) is 0 Å². The van der Waals surface area contributed by atoms with Crippen molar-refractivity contribution < 1.29 is 22.7 Å². The van der Waals surface area contributed by atoms with Gasteiger partial charge in [-0.3, -0.25) is 9.69 Å². The first-order valence-corrected chi connectivity index (χ1v) is 13.5. The summed E-state index contributed by atoms with van der Waals surface area (Å²) < 4.78 is 39.1. The molecule has 2 aliphatic heterocycles. The molecule has 1 amide bonds. The Morgan fingerprint density at radius 1 is 1.06 bits per heavy atom. The minimum atomic E-state index is -3.64. The number of nitrogens with one attached hydrogen (secondary N) is 1. The number of benzene rings is 1. The van der Waals surface area contributed by atoms with Crippen LogP contribution in [0.3, 0.4) is 0 Å². The molecule has 2 heterocycles. The molecule has 0 spiro atoms. The zero-order valence-electron chi connectivity index (χ0n) is 19.4. The molecule has 1 unspecified atom stereocenters. The quantitative estimate of drug-likeness (QED) is 0.608. The first kappa shape index (κ1) is 24.0. The maximum absolute atomic E-state index is 13.2. The van der Waals surface area contributed by atoms with Crippen LogP contribution in [-0.4, -0.2) is 75.5 Å². The highest BCUT2D eigenvalue weighted by Gasteiger charge is 2.32. The SMILES string of the molecule is CC(C(=O)NCCC1=CCCCC1)N1CCN(S(=O)(=O)c2ccc3c(c2)OCCCO3)CC1. The van der Waals surface area contributed by atoms with Gasteiger partial charge in [0.05, 0.1) is 24.2 Å². The molecule has 1 fully saturated rings. The predicted octanol–water partition coefficient (Wildman–Crippen LogP) is 2.55. The molecule has 1 saturated heterocycles. The number of sulfonamides is 1. The molecule has 1 aromatic rings. The van der Waals surface area contributed by atoms with Gasteiger partial charge in [0.25, 0.3) is 0 Å². The summed E-state index contributed by atoms with van der Waals surface area (Å²) in [5.41, 5.74) is 1.45. The largest absolute Gasteiger partial charge is 0.490 e. The Balaban J connectivity index is 1.29. The van der Waals surface area contributed by atoms with Gasteiger partial charge in [-0.15, -0.1) is 0 Å². The maximum Gasteiger partial charge on any atom is 0.243 e. The van der Waals surface area contributed by atoms with Gasteiger partial charge in [0.2, 0.25) is 15.9 Å². The summed E-state index contributed by atoms with van der Waals surface area (Å²) in [6.07, 6.45) is 8.80. The average molecular weight is 478 g/mol. The lowest BCUT2D eigenvalue weighted by Gasteiger charge is -2.36. The van der Waals surface area contributed by atoms with Crippen LogP contribution in [0, 0.1) is 0 Å². The Labute approximate surface area is 197 Å². The Morgan fingerprint density at radius 3 is 2.55 bits per heavy atom. The van der Waals surface area contributed by atoms with E-state index in [0.29, 0.717) is 57.4 Å². The summed E-state index contributed by atoms with van der Waals surface area (Å²) in [6, 6.07) is 4.51. The van der Waals surface area contributed by atoms with Crippen LogP contribution >= 0.6 is 0 Å². The molecule has 0 radical (unpaired) electrons. The summed E-state index contributed by atoms with van der Waals surface area (Å²) in [5, 5.41) is 3.05. The molecule has 8 nitrogen and oxygen atoms in total. The van der Waals surface area contributed by atoms with Gasteiger partial charge in [0, 0.05) is 45.2 Å². The standard InChI is InChI=1S/C24H35N3O5S/c1-19(24(28)25-11-10-20-6-3-2-4-7-20)26-12-14-27(15-13-26)33(29,30)21-8-9-22-23(18-21)32-17-5-16-31-22/h6,8-9,18-19H,2-5,7,10-17H2,1H3,(H,25,28). The molecular formula is C24H35N3O5S. The van der Waals surface area contributed by atoms with Crippen LogP contribution in [0.2, 0.25) is 0 Å². The molecule has 4 rings (SSSR count). The van der Waals surface area contributed by atoms with Crippen molar-refractivity contribution in [3.05, 3.63) is 29.8 Å². The number of amides is 1. The van der Waals surface area contributed by atoms with E-state index in [-0.39, 0.29) is 16.8 Å². The van der Waals surface area contributed by atoms with Gasteiger partial charge in [0.1, 0.15) is 0 Å². The second kappa shape index (κ2) is 10.9. The number of ether oxygens (including phenoxy) is 2. The van der Waals surface area contributed by atoms with Crippen LogP contribution in [0.25, 0.3) is 0 Å². The monoisotopic (exact) mass is 477 g/mol. The van der Waals surface area contributed by atoms with E-state index in [1.807, 2.05) is 6.92 Å². The number of hydrogen-bond acceptors (Lipinski definition) is 6. The molecule has 1 aromatic carbocycles. The molecule has 9 heteroatoms. The molecule has 1 atom stereocenters. The fraction of sp³-hybridized carbons (Fsp3) is 0.625. The molecule has 3 aliphatic rings. The molecule has 1 N–H and O–H groups in total. The van der Waals surface area contributed by atoms with Gasteiger partial charge in [0.15, 0.2) is 11.5 Å². The highest BCUT2D eigenvalue weighted by Crippen LogP contribution is 2.33. The third kappa shape index (κ3) is 5.88. The number of hydrogen-bond donors (Lipinski definition) is 1. The van der Waals surface area contributed by atoms with Crippen molar-refractivity contribution in [3.8, 4) is 11.5 Å². The summed E-state index contributed by atoms with van der Waals surface area (Å²) >= 11 is 0. The van der Waals surface area contributed by atoms with Crippen LogP contribution in [0.15, 0.2) is 34.7 Å². The van der Waals surface area contributed by atoms with E-state index in [0.717, 1.165) is 25.7 Å². The van der Waals surface area contributed by atoms with Crippen LogP contribution < -0.4 is 14.8 Å². The van der Waals surface area contributed by atoms with Gasteiger partial charge in [-0.2, -0.15) is 4.31 Å². The molecule has 33 heavy (non-hydrogen) atoms. The number of nitrogens with zero attached hydrogens (tertiary/aromatic N) is 2. The van der Waals surface area contributed by atoms with Crippen molar-refractivity contribution >= 4 is 15.9 Å². The Kier molecular flexibility index (Phi) is 7.93. The Morgan fingerprint density at radius 2 is 1.82 bits per heavy atom. The normalized spacial score (nSPS) is 21.1. The lowest BCUT2D eigenvalue weighted by atomic mass is 9.97. The third-order valence-electron chi connectivity index (χ3n) is 6.69. The van der Waals surface area contributed by atoms with Crippen molar-refractivity contribution in [1.29, 1.82) is 0 Å². The van der Waals surface area contributed by atoms with Gasteiger partial charge < -0.3 is 14.8 Å². The first-order chi connectivity index (χ1) is 15.9. The van der Waals surface area contributed by atoms with Crippen LogP contribution in [0.4, 0.5) is 0 Å². The maximum atomic E-state index is 13.2. The minimum absolute atomic E-state index is 0.00520. The fourth-order valence-corrected chi connectivity index (χ4v) is 6.01. The number of allylic oxidation sites excluding steroid dienone is 1. The third-order valence-corrected chi connectivity index (χ3v) is 8.58. The second-order valence-electron chi connectivity index (χ2n) is 8.92. The molecule has 182 valence electrons. The van der Waals surface area contributed by atoms with Crippen LogP contribution in [0.1, 0.15) is 45.4 Å². The molecule has 0 aromatic heterocycles. The van der Waals surface area contributed by atoms with Crippen molar-refractivity contribution in [2.75, 3.05) is 45.9 Å². The van der Waals surface area contributed by atoms with E-state index in [9.17, 15) is 13.2 Å². The lowest BCUT2D eigenvalue weighted by Crippen LogP contribution is -2.54. The topological polar surface area (TPSA) is 88.2 Å². The van der Waals surface area contributed by atoms with Crippen LogP contribution in [-0.2, 0) is 14.8 Å². The van der Waals surface area contributed by atoms with Gasteiger partial charge >= 0.3 is 0 Å². The van der Waals surface area contributed by atoms with Gasteiger partial charge in [-0.1, -0.05) is 11.6 Å². The van der Waals surface area contributed by atoms with E-state index < -0.39 is 10.0 Å². The summed E-state index contributed by atoms with van der Waals surface area (Å²) in [5.74, 6) is 1.06. The van der Waals surface area contributed by atoms with Crippen molar-refractivity contribution in [3.63, 3.8) is 0 Å². The van der Waals surface area contributed by atoms with E-state index in [2.05, 4.69) is 16.3 Å². The van der Waals surface area contributed by atoms with Crippen LogP contribution in [0.5, 0.6) is 11.5 Å². The average Bonchev–Trinajstić information content (AvgIpc) is 3.09. The summed E-state index contributed by atoms with van der Waals surface area (Å²) in [7, 11) is -3.64. The van der Waals surface area contributed by atoms with E-state index in [4.69, 9.17) is 9.47 Å². The highest BCUT2D eigenvalue weighted by atomic mass is 32.2. The first-order valence-electron chi connectivity index (χ1n) is 12.0. The molecule has 1 aliphatic carbocycles. The van der Waals surface area contributed by atoms with E-state index >= 15 is 0 Å². The smallest absolute Gasteiger partial charge is 0.243 e. The van der Waals surface area contributed by atoms with Crippen molar-refractivity contribution in [1.82, 2.24) is 14.5 Å². The Bertz CT molecular complexity index is 970. The Hall–Kier alpha value is -2.10. The predicted molar refractivity (Wildman–Crippen MR) is 126 cm³/mol. The highest BCUT2D eigenvalue weighted by molar-refractivity contribution is 7.89.